The Labute approximate surface area is 281 Å². The molecule has 8 aromatic carbocycles. The molecule has 1 heterocycles. The summed E-state index contributed by atoms with van der Waals surface area (Å²) in [5.74, 6) is 0. The van der Waals surface area contributed by atoms with E-state index in [0.717, 1.165) is 22.7 Å². The number of para-hydroxylation sites is 2. The van der Waals surface area contributed by atoms with Crippen molar-refractivity contribution in [3.05, 3.63) is 182 Å². The smallest absolute Gasteiger partial charge is 0.0464 e. The fraction of sp³-hybridized carbons (Fsp3) is 0. The molecule has 1 aliphatic rings. The maximum absolute atomic E-state index is 3.82. The first-order chi connectivity index (χ1) is 23.8. The Morgan fingerprint density at radius 3 is 1.81 bits per heavy atom. The van der Waals surface area contributed by atoms with Gasteiger partial charge in [0, 0.05) is 39.4 Å². The monoisotopic (exact) mass is 612 g/mol. The van der Waals surface area contributed by atoms with E-state index >= 15 is 0 Å². The number of nitrogens with one attached hydrogen (secondary N) is 2. The van der Waals surface area contributed by atoms with Crippen LogP contribution in [0, 0.1) is 0 Å². The van der Waals surface area contributed by atoms with Crippen LogP contribution in [0.5, 0.6) is 0 Å². The predicted octanol–water partition coefficient (Wildman–Crippen LogP) is 13.0. The van der Waals surface area contributed by atoms with E-state index < -0.39 is 0 Å². The number of anilines is 4. The van der Waals surface area contributed by atoms with Crippen molar-refractivity contribution in [3.8, 4) is 55.6 Å². The highest BCUT2D eigenvalue weighted by Crippen LogP contribution is 2.44. The first-order valence-corrected chi connectivity index (χ1v) is 16.4. The first kappa shape index (κ1) is 27.9. The summed E-state index contributed by atoms with van der Waals surface area (Å²) in [5, 5.41) is 9.99. The molecule has 8 aromatic rings. The summed E-state index contributed by atoms with van der Waals surface area (Å²) in [4.78, 5) is 0. The summed E-state index contributed by atoms with van der Waals surface area (Å²) < 4.78 is 0. The Morgan fingerprint density at radius 2 is 0.938 bits per heavy atom. The summed E-state index contributed by atoms with van der Waals surface area (Å²) >= 11 is 0. The van der Waals surface area contributed by atoms with E-state index in [1.807, 2.05) is 6.07 Å². The van der Waals surface area contributed by atoms with Crippen LogP contribution < -0.4 is 10.6 Å². The minimum absolute atomic E-state index is 1.06. The molecule has 48 heavy (non-hydrogen) atoms. The molecule has 0 aliphatic carbocycles. The summed E-state index contributed by atoms with van der Waals surface area (Å²) in [6.07, 6.45) is 0. The second-order valence-corrected chi connectivity index (χ2v) is 12.3. The van der Waals surface area contributed by atoms with Crippen molar-refractivity contribution in [3.63, 3.8) is 0 Å². The van der Waals surface area contributed by atoms with Gasteiger partial charge < -0.3 is 10.6 Å². The highest BCUT2D eigenvalue weighted by molar-refractivity contribution is 6.01. The van der Waals surface area contributed by atoms with Crippen LogP contribution in [-0.2, 0) is 0 Å². The number of fused-ring (bicyclic) bond motifs is 9. The van der Waals surface area contributed by atoms with Gasteiger partial charge in [0.1, 0.15) is 0 Å². The average molecular weight is 613 g/mol. The lowest BCUT2D eigenvalue weighted by molar-refractivity contribution is 1.49. The number of benzene rings is 8. The largest absolute Gasteiger partial charge is 0.355 e. The van der Waals surface area contributed by atoms with Crippen LogP contribution >= 0.6 is 0 Å². The maximum atomic E-state index is 3.82. The lowest BCUT2D eigenvalue weighted by atomic mass is 9.89. The Kier molecular flexibility index (Phi) is 6.84. The molecule has 0 unspecified atom stereocenters. The Morgan fingerprint density at radius 1 is 0.333 bits per heavy atom. The van der Waals surface area contributed by atoms with E-state index in [-0.39, 0.29) is 0 Å². The summed E-state index contributed by atoms with van der Waals surface area (Å²) in [7, 11) is 0. The molecule has 0 spiro atoms. The van der Waals surface area contributed by atoms with Gasteiger partial charge in [-0.1, -0.05) is 133 Å². The summed E-state index contributed by atoms with van der Waals surface area (Å²) in [6, 6.07) is 65.4. The molecule has 2 heteroatoms. The number of hydrogen-bond donors (Lipinski definition) is 2. The molecule has 2 nitrogen and oxygen atoms in total. The van der Waals surface area contributed by atoms with Gasteiger partial charge in [0.05, 0.1) is 0 Å². The Balaban J connectivity index is 1.22. The van der Waals surface area contributed by atoms with Crippen molar-refractivity contribution >= 4 is 33.5 Å². The van der Waals surface area contributed by atoms with Crippen LogP contribution in [-0.4, -0.2) is 0 Å². The molecule has 0 atom stereocenters. The van der Waals surface area contributed by atoms with Crippen LogP contribution in [0.25, 0.3) is 66.4 Å². The van der Waals surface area contributed by atoms with Crippen LogP contribution in [0.2, 0.25) is 0 Å². The van der Waals surface area contributed by atoms with Crippen molar-refractivity contribution in [2.75, 3.05) is 10.6 Å². The molecule has 9 rings (SSSR count). The molecule has 1 aliphatic heterocycles. The van der Waals surface area contributed by atoms with Crippen LogP contribution in [0.1, 0.15) is 0 Å². The Hall–Kier alpha value is -6.38. The second-order valence-electron chi connectivity index (χ2n) is 12.3. The second kappa shape index (κ2) is 11.8. The van der Waals surface area contributed by atoms with Gasteiger partial charge in [-0.25, -0.2) is 0 Å². The molecule has 0 saturated heterocycles. The fourth-order valence-corrected chi connectivity index (χ4v) is 7.06. The highest BCUT2D eigenvalue weighted by atomic mass is 14.9. The van der Waals surface area contributed by atoms with E-state index in [1.54, 1.807) is 0 Å². The van der Waals surface area contributed by atoms with Gasteiger partial charge in [-0.3, -0.25) is 0 Å². The van der Waals surface area contributed by atoms with E-state index in [1.165, 1.54) is 66.4 Å². The van der Waals surface area contributed by atoms with Crippen molar-refractivity contribution < 1.29 is 0 Å². The summed E-state index contributed by atoms with van der Waals surface area (Å²) in [5.41, 5.74) is 16.2. The highest BCUT2D eigenvalue weighted by Gasteiger charge is 2.18. The van der Waals surface area contributed by atoms with Crippen molar-refractivity contribution in [2.45, 2.75) is 0 Å². The van der Waals surface area contributed by atoms with E-state index in [9.17, 15) is 0 Å². The maximum Gasteiger partial charge on any atom is 0.0464 e. The molecule has 226 valence electrons. The Bertz CT molecular complexity index is 2450. The molecule has 0 fully saturated rings. The molecule has 0 saturated carbocycles. The zero-order valence-electron chi connectivity index (χ0n) is 26.3. The average Bonchev–Trinajstić information content (AvgIpc) is 3.15. The molecule has 0 amide bonds. The van der Waals surface area contributed by atoms with Crippen molar-refractivity contribution in [1.82, 2.24) is 0 Å². The van der Waals surface area contributed by atoms with Gasteiger partial charge >= 0.3 is 0 Å². The van der Waals surface area contributed by atoms with Gasteiger partial charge in [0.15, 0.2) is 0 Å². The minimum Gasteiger partial charge on any atom is -0.355 e. The lowest BCUT2D eigenvalue weighted by Gasteiger charge is -2.21. The third-order valence-corrected chi connectivity index (χ3v) is 9.40. The van der Waals surface area contributed by atoms with Gasteiger partial charge in [-0.05, 0) is 98.2 Å². The standard InChI is InChI=1S/C46H32N2/c1-2-16-36(17-3-1)47-46-27-25-33(30-43(46)40-22-11-13-31-12-4-5-18-37(31)40)32-24-26-45-42(29-32)35-15-10-14-34(28-35)38-19-6-7-20-39(38)41-21-8-9-23-44(41)48-45/h1-30,47-48H. The lowest BCUT2D eigenvalue weighted by Crippen LogP contribution is -1.99. The molecular weight excluding hydrogens is 581 g/mol. The number of rotatable bonds is 4. The molecule has 0 radical (unpaired) electrons. The fourth-order valence-electron chi connectivity index (χ4n) is 7.06. The van der Waals surface area contributed by atoms with E-state index in [2.05, 4.69) is 187 Å². The SMILES string of the molecule is c1ccc(Nc2ccc(-c3ccc4c(c3)-c3cccc(c3)-c3ccccc3-c3ccccc3N4)cc2-c2cccc3ccccc23)cc1. The van der Waals surface area contributed by atoms with Gasteiger partial charge in [0.2, 0.25) is 0 Å². The van der Waals surface area contributed by atoms with Gasteiger partial charge in [-0.15, -0.1) is 0 Å². The normalized spacial score (nSPS) is 11.5. The quantitative estimate of drug-likeness (QED) is 0.207. The summed E-state index contributed by atoms with van der Waals surface area (Å²) in [6.45, 7) is 0. The molecule has 2 N–H and O–H groups in total. The zero-order valence-corrected chi connectivity index (χ0v) is 26.3. The third kappa shape index (κ3) is 5.01. The molecular formula is C46H32N2. The predicted molar refractivity (Wildman–Crippen MR) is 204 cm³/mol. The van der Waals surface area contributed by atoms with Crippen molar-refractivity contribution in [2.24, 2.45) is 0 Å². The topological polar surface area (TPSA) is 24.1 Å². The molecule has 2 bridgehead atoms. The van der Waals surface area contributed by atoms with Crippen LogP contribution in [0.15, 0.2) is 182 Å². The van der Waals surface area contributed by atoms with Crippen LogP contribution in [0.4, 0.5) is 22.7 Å². The van der Waals surface area contributed by atoms with Gasteiger partial charge in [0.25, 0.3) is 0 Å². The first-order valence-electron chi connectivity index (χ1n) is 16.4. The van der Waals surface area contributed by atoms with Gasteiger partial charge in [-0.2, -0.15) is 0 Å². The van der Waals surface area contributed by atoms with E-state index in [4.69, 9.17) is 0 Å². The third-order valence-electron chi connectivity index (χ3n) is 9.40. The number of hydrogen-bond acceptors (Lipinski definition) is 2. The minimum atomic E-state index is 1.06. The van der Waals surface area contributed by atoms with E-state index in [0.29, 0.717) is 0 Å². The van der Waals surface area contributed by atoms with Crippen molar-refractivity contribution in [1.29, 1.82) is 0 Å². The molecule has 0 aromatic heterocycles. The van der Waals surface area contributed by atoms with Crippen LogP contribution in [0.3, 0.4) is 0 Å². The zero-order chi connectivity index (χ0) is 31.9.